The Hall–Kier alpha value is -1.44. The van der Waals surface area contributed by atoms with Gasteiger partial charge in [-0.15, -0.1) is 5.10 Å². The van der Waals surface area contributed by atoms with Crippen LogP contribution in [0.5, 0.6) is 0 Å². The third kappa shape index (κ3) is 2.56. The van der Waals surface area contributed by atoms with Gasteiger partial charge >= 0.3 is 0 Å². The smallest absolute Gasteiger partial charge is 0.241 e. The van der Waals surface area contributed by atoms with Crippen LogP contribution in [0.25, 0.3) is 5.52 Å². The number of hydrogen-bond donors (Lipinski definition) is 2. The molecule has 0 unspecified atom stereocenters. The molecular weight excluding hydrogens is 318 g/mol. The second-order valence-corrected chi connectivity index (χ2v) is 7.06. The molecule has 0 aromatic carbocycles. The Morgan fingerprint density at radius 1 is 1.48 bits per heavy atom. The second-order valence-electron chi connectivity index (χ2n) is 6.70. The van der Waals surface area contributed by atoms with Gasteiger partial charge in [-0.3, -0.25) is 0 Å². The lowest BCUT2D eigenvalue weighted by Gasteiger charge is -2.36. The number of fused-ring (bicyclic) bond motifs is 1. The van der Waals surface area contributed by atoms with Crippen LogP contribution in [0.1, 0.15) is 38.4 Å². The predicted molar refractivity (Wildman–Crippen MR) is 85.8 cm³/mol. The van der Waals surface area contributed by atoms with E-state index < -0.39 is 6.10 Å². The number of aromatic nitrogens is 4. The normalized spacial score (nSPS) is 26.9. The Morgan fingerprint density at radius 3 is 3.00 bits per heavy atom. The Labute approximate surface area is 139 Å². The molecule has 2 aromatic heterocycles. The standard InChI is InChI=1S/C15H20ClN5O2/c1-15(4-2-5-15)13-19-12(16)10-7-17-14(20-21(10)13)18-9-3-6-23-8-11(9)22/h7,9,11,22H,2-6,8H2,1H3,(H,18,20)/t9-,11-/m1/s1. The highest BCUT2D eigenvalue weighted by Crippen LogP contribution is 2.43. The van der Waals surface area contributed by atoms with Gasteiger partial charge < -0.3 is 15.2 Å². The van der Waals surface area contributed by atoms with Crippen molar-refractivity contribution in [2.75, 3.05) is 18.5 Å². The minimum Gasteiger partial charge on any atom is -0.389 e. The highest BCUT2D eigenvalue weighted by molar-refractivity contribution is 6.32. The van der Waals surface area contributed by atoms with E-state index in [9.17, 15) is 5.11 Å². The molecule has 124 valence electrons. The number of imidazole rings is 1. The van der Waals surface area contributed by atoms with Crippen LogP contribution < -0.4 is 5.32 Å². The largest absolute Gasteiger partial charge is 0.389 e. The average Bonchev–Trinajstić information content (AvgIpc) is 2.84. The third-order valence-corrected chi connectivity index (χ3v) is 5.26. The third-order valence-electron chi connectivity index (χ3n) is 4.99. The number of aliphatic hydroxyl groups is 1. The number of nitrogens with one attached hydrogen (secondary N) is 1. The first-order chi connectivity index (χ1) is 11.1. The van der Waals surface area contributed by atoms with Crippen LogP contribution in [0.2, 0.25) is 5.15 Å². The quantitative estimate of drug-likeness (QED) is 0.888. The van der Waals surface area contributed by atoms with Gasteiger partial charge in [-0.05, 0) is 19.3 Å². The Morgan fingerprint density at radius 2 is 2.30 bits per heavy atom. The fourth-order valence-electron chi connectivity index (χ4n) is 3.30. The fourth-order valence-corrected chi connectivity index (χ4v) is 3.50. The number of aliphatic hydroxyl groups excluding tert-OH is 1. The Balaban J connectivity index is 1.68. The lowest BCUT2D eigenvalue weighted by Crippen LogP contribution is -2.42. The first kappa shape index (κ1) is 15.1. The molecule has 4 rings (SSSR count). The van der Waals surface area contributed by atoms with Crippen LogP contribution in [0.3, 0.4) is 0 Å². The van der Waals surface area contributed by atoms with E-state index in [1.54, 1.807) is 10.7 Å². The van der Waals surface area contributed by atoms with Crippen molar-refractivity contribution in [3.63, 3.8) is 0 Å². The van der Waals surface area contributed by atoms with Crippen molar-refractivity contribution in [1.29, 1.82) is 0 Å². The first-order valence-corrected chi connectivity index (χ1v) is 8.39. The van der Waals surface area contributed by atoms with Gasteiger partial charge in [0, 0.05) is 12.0 Å². The molecule has 2 atom stereocenters. The molecule has 1 saturated heterocycles. The second kappa shape index (κ2) is 5.58. The fraction of sp³-hybridized carbons (Fsp3) is 0.667. The zero-order valence-electron chi connectivity index (χ0n) is 13.0. The van der Waals surface area contributed by atoms with E-state index in [-0.39, 0.29) is 11.5 Å². The molecule has 1 saturated carbocycles. The number of nitrogens with zero attached hydrogens (tertiary/aromatic N) is 4. The van der Waals surface area contributed by atoms with E-state index in [4.69, 9.17) is 16.3 Å². The summed E-state index contributed by atoms with van der Waals surface area (Å²) in [4.78, 5) is 8.83. The first-order valence-electron chi connectivity index (χ1n) is 8.01. The van der Waals surface area contributed by atoms with Crippen molar-refractivity contribution in [3.8, 4) is 0 Å². The highest BCUT2D eigenvalue weighted by atomic mass is 35.5. The lowest BCUT2D eigenvalue weighted by molar-refractivity contribution is -0.0136. The van der Waals surface area contributed by atoms with Gasteiger partial charge in [-0.2, -0.15) is 0 Å². The van der Waals surface area contributed by atoms with Gasteiger partial charge in [0.15, 0.2) is 5.15 Å². The lowest BCUT2D eigenvalue weighted by atomic mass is 9.70. The van der Waals surface area contributed by atoms with E-state index in [2.05, 4.69) is 27.3 Å². The summed E-state index contributed by atoms with van der Waals surface area (Å²) in [5, 5.41) is 18.2. The molecule has 0 radical (unpaired) electrons. The number of anilines is 1. The molecule has 0 bridgehead atoms. The van der Waals surface area contributed by atoms with Crippen molar-refractivity contribution < 1.29 is 9.84 Å². The summed E-state index contributed by atoms with van der Waals surface area (Å²) < 4.78 is 7.04. The van der Waals surface area contributed by atoms with Crippen LogP contribution in [-0.2, 0) is 10.2 Å². The number of hydrogen-bond acceptors (Lipinski definition) is 6. The molecule has 7 nitrogen and oxygen atoms in total. The Kier molecular flexibility index (Phi) is 3.66. The van der Waals surface area contributed by atoms with Crippen molar-refractivity contribution in [1.82, 2.24) is 19.6 Å². The van der Waals surface area contributed by atoms with Gasteiger partial charge in [-0.1, -0.05) is 24.9 Å². The van der Waals surface area contributed by atoms with Crippen molar-refractivity contribution in [2.45, 2.75) is 50.2 Å². The van der Waals surface area contributed by atoms with Crippen LogP contribution in [0.15, 0.2) is 6.20 Å². The van der Waals surface area contributed by atoms with Crippen LogP contribution in [0.4, 0.5) is 5.95 Å². The summed E-state index contributed by atoms with van der Waals surface area (Å²) >= 11 is 6.24. The van der Waals surface area contributed by atoms with Crippen LogP contribution in [0, 0.1) is 0 Å². The molecule has 1 aliphatic carbocycles. The molecule has 2 fully saturated rings. The molecule has 2 aliphatic rings. The Bertz CT molecular complexity index is 730. The minimum absolute atomic E-state index is 0.0277. The molecule has 1 aliphatic heterocycles. The molecule has 2 N–H and O–H groups in total. The van der Waals surface area contributed by atoms with Gasteiger partial charge in [0.2, 0.25) is 5.95 Å². The van der Waals surface area contributed by atoms with Crippen LogP contribution >= 0.6 is 11.6 Å². The molecule has 2 aromatic rings. The SMILES string of the molecule is CC1(c2nc(Cl)c3cnc(N[C@@H]4CCOC[C@H]4O)nn23)CCC1. The molecule has 8 heteroatoms. The van der Waals surface area contributed by atoms with E-state index in [1.165, 1.54) is 6.42 Å². The summed E-state index contributed by atoms with van der Waals surface area (Å²) in [6.45, 7) is 3.15. The van der Waals surface area contributed by atoms with E-state index >= 15 is 0 Å². The summed E-state index contributed by atoms with van der Waals surface area (Å²) in [6, 6.07) is -0.108. The topological polar surface area (TPSA) is 84.6 Å². The van der Waals surface area contributed by atoms with Crippen molar-refractivity contribution in [2.24, 2.45) is 0 Å². The van der Waals surface area contributed by atoms with Gasteiger partial charge in [0.05, 0.1) is 24.9 Å². The highest BCUT2D eigenvalue weighted by Gasteiger charge is 2.38. The van der Waals surface area contributed by atoms with E-state index in [0.717, 1.165) is 25.1 Å². The number of ether oxygens (including phenoxy) is 1. The summed E-state index contributed by atoms with van der Waals surface area (Å²) in [5.74, 6) is 1.36. The van der Waals surface area contributed by atoms with E-state index in [0.29, 0.717) is 29.8 Å². The van der Waals surface area contributed by atoms with Crippen molar-refractivity contribution >= 4 is 23.1 Å². The molecule has 23 heavy (non-hydrogen) atoms. The molecule has 0 amide bonds. The summed E-state index contributed by atoms with van der Waals surface area (Å²) in [6.07, 6.45) is 5.23. The maximum absolute atomic E-state index is 10.00. The maximum atomic E-state index is 10.00. The van der Waals surface area contributed by atoms with Gasteiger partial charge in [0.25, 0.3) is 0 Å². The number of halogens is 1. The number of rotatable bonds is 3. The predicted octanol–water partition coefficient (Wildman–Crippen LogP) is 1.78. The van der Waals surface area contributed by atoms with Gasteiger partial charge in [0.1, 0.15) is 11.3 Å². The van der Waals surface area contributed by atoms with Crippen LogP contribution in [-0.4, -0.2) is 50.0 Å². The van der Waals surface area contributed by atoms with E-state index in [1.807, 2.05) is 0 Å². The molecule has 3 heterocycles. The monoisotopic (exact) mass is 337 g/mol. The zero-order chi connectivity index (χ0) is 16.0. The summed E-state index contributed by atoms with van der Waals surface area (Å²) in [5.41, 5.74) is 0.743. The molecular formula is C15H20ClN5O2. The van der Waals surface area contributed by atoms with Gasteiger partial charge in [-0.25, -0.2) is 14.5 Å². The molecule has 0 spiro atoms. The minimum atomic E-state index is -0.557. The average molecular weight is 338 g/mol. The summed E-state index contributed by atoms with van der Waals surface area (Å²) in [7, 11) is 0. The maximum Gasteiger partial charge on any atom is 0.241 e. The van der Waals surface area contributed by atoms with Crippen molar-refractivity contribution in [3.05, 3.63) is 17.2 Å². The zero-order valence-corrected chi connectivity index (χ0v) is 13.8.